The van der Waals surface area contributed by atoms with Crippen molar-refractivity contribution in [3.05, 3.63) is 69.4 Å². The van der Waals surface area contributed by atoms with Gasteiger partial charge in [-0.05, 0) is 42.5 Å². The summed E-state index contributed by atoms with van der Waals surface area (Å²) in [4.78, 5) is 28.6. The SMILES string of the molecule is O=C(Cn1cnc2ccc(Br)cc2c1=O)Nc1ccc(F)cc1. The molecule has 0 aliphatic heterocycles. The molecule has 0 bridgehead atoms. The normalized spacial score (nSPS) is 10.7. The largest absolute Gasteiger partial charge is 0.325 e. The number of hydrogen-bond donors (Lipinski definition) is 1. The van der Waals surface area contributed by atoms with Gasteiger partial charge in [0.1, 0.15) is 12.4 Å². The molecule has 0 saturated heterocycles. The zero-order valence-corrected chi connectivity index (χ0v) is 13.4. The summed E-state index contributed by atoms with van der Waals surface area (Å²) in [5.41, 5.74) is 0.722. The molecule has 0 saturated carbocycles. The number of fused-ring (bicyclic) bond motifs is 1. The first-order chi connectivity index (χ1) is 11.0. The van der Waals surface area contributed by atoms with E-state index in [1.165, 1.54) is 35.2 Å². The smallest absolute Gasteiger partial charge is 0.261 e. The third-order valence-electron chi connectivity index (χ3n) is 3.23. The van der Waals surface area contributed by atoms with E-state index in [9.17, 15) is 14.0 Å². The molecule has 1 N–H and O–H groups in total. The third-order valence-corrected chi connectivity index (χ3v) is 3.72. The van der Waals surface area contributed by atoms with Gasteiger partial charge in [0.15, 0.2) is 0 Å². The number of anilines is 1. The Bertz CT molecular complexity index is 938. The number of amides is 1. The van der Waals surface area contributed by atoms with Crippen LogP contribution in [0.5, 0.6) is 0 Å². The van der Waals surface area contributed by atoms with Crippen LogP contribution in [0.2, 0.25) is 0 Å². The molecular formula is C16H11BrFN3O2. The van der Waals surface area contributed by atoms with Crippen LogP contribution >= 0.6 is 15.9 Å². The summed E-state index contributed by atoms with van der Waals surface area (Å²) in [5, 5.41) is 3.03. The van der Waals surface area contributed by atoms with Gasteiger partial charge in [-0.2, -0.15) is 0 Å². The minimum Gasteiger partial charge on any atom is -0.325 e. The molecule has 0 atom stereocenters. The number of hydrogen-bond acceptors (Lipinski definition) is 3. The van der Waals surface area contributed by atoms with Crippen LogP contribution in [0.4, 0.5) is 10.1 Å². The van der Waals surface area contributed by atoms with Crippen molar-refractivity contribution in [1.82, 2.24) is 9.55 Å². The Morgan fingerprint density at radius 2 is 1.96 bits per heavy atom. The van der Waals surface area contributed by atoms with Gasteiger partial charge in [-0.1, -0.05) is 15.9 Å². The number of halogens is 2. The minimum atomic E-state index is -0.394. The lowest BCUT2D eigenvalue weighted by molar-refractivity contribution is -0.116. The van der Waals surface area contributed by atoms with Gasteiger partial charge in [-0.3, -0.25) is 14.2 Å². The molecule has 0 radical (unpaired) electrons. The van der Waals surface area contributed by atoms with E-state index in [0.717, 1.165) is 4.47 Å². The minimum absolute atomic E-state index is 0.175. The predicted octanol–water partition coefficient (Wildman–Crippen LogP) is 2.94. The van der Waals surface area contributed by atoms with Crippen LogP contribution in [0, 0.1) is 5.82 Å². The molecule has 23 heavy (non-hydrogen) atoms. The molecule has 2 aromatic carbocycles. The van der Waals surface area contributed by atoms with Crippen LogP contribution in [0.1, 0.15) is 0 Å². The second kappa shape index (κ2) is 6.29. The van der Waals surface area contributed by atoms with Crippen molar-refractivity contribution < 1.29 is 9.18 Å². The Kier molecular flexibility index (Phi) is 4.20. The van der Waals surface area contributed by atoms with Crippen molar-refractivity contribution in [3.63, 3.8) is 0 Å². The molecule has 0 spiro atoms. The lowest BCUT2D eigenvalue weighted by atomic mass is 10.2. The fraction of sp³-hybridized carbons (Fsp3) is 0.0625. The van der Waals surface area contributed by atoms with Gasteiger partial charge in [-0.15, -0.1) is 0 Å². The number of nitrogens with one attached hydrogen (secondary N) is 1. The van der Waals surface area contributed by atoms with Crippen molar-refractivity contribution in [2.75, 3.05) is 5.32 Å². The molecule has 1 heterocycles. The maximum absolute atomic E-state index is 12.8. The highest BCUT2D eigenvalue weighted by Crippen LogP contribution is 2.15. The summed E-state index contributed by atoms with van der Waals surface area (Å²) < 4.78 is 14.8. The number of benzene rings is 2. The number of aromatic nitrogens is 2. The van der Waals surface area contributed by atoms with Gasteiger partial charge in [0.25, 0.3) is 5.56 Å². The topological polar surface area (TPSA) is 64.0 Å². The van der Waals surface area contributed by atoms with Crippen molar-refractivity contribution in [2.45, 2.75) is 6.54 Å². The standard InChI is InChI=1S/C16H11BrFN3O2/c17-10-1-6-14-13(7-10)16(23)21(9-19-14)8-15(22)20-12-4-2-11(18)3-5-12/h1-7,9H,8H2,(H,20,22). The van der Waals surface area contributed by atoms with Gasteiger partial charge in [0.2, 0.25) is 5.91 Å². The van der Waals surface area contributed by atoms with E-state index >= 15 is 0 Å². The van der Waals surface area contributed by atoms with E-state index in [2.05, 4.69) is 26.2 Å². The molecule has 0 aliphatic rings. The van der Waals surface area contributed by atoms with Gasteiger partial charge in [0, 0.05) is 10.2 Å². The van der Waals surface area contributed by atoms with E-state index in [0.29, 0.717) is 16.6 Å². The number of nitrogens with zero attached hydrogens (tertiary/aromatic N) is 2. The summed E-state index contributed by atoms with van der Waals surface area (Å²) in [6, 6.07) is 10.6. The molecule has 3 rings (SSSR count). The van der Waals surface area contributed by atoms with Gasteiger partial charge in [-0.25, -0.2) is 9.37 Å². The number of carbonyl (C=O) groups is 1. The van der Waals surface area contributed by atoms with E-state index in [4.69, 9.17) is 0 Å². The lowest BCUT2D eigenvalue weighted by Crippen LogP contribution is -2.27. The number of carbonyl (C=O) groups excluding carboxylic acids is 1. The Morgan fingerprint density at radius 3 is 2.70 bits per heavy atom. The fourth-order valence-electron chi connectivity index (χ4n) is 2.13. The van der Waals surface area contributed by atoms with Crippen molar-refractivity contribution in [1.29, 1.82) is 0 Å². The van der Waals surface area contributed by atoms with Crippen LogP contribution in [0.15, 0.2) is 58.1 Å². The average Bonchev–Trinajstić information content (AvgIpc) is 2.53. The maximum Gasteiger partial charge on any atom is 0.261 e. The summed E-state index contributed by atoms with van der Waals surface area (Å²) in [5.74, 6) is -0.779. The van der Waals surface area contributed by atoms with E-state index in [1.54, 1.807) is 18.2 Å². The molecule has 0 aliphatic carbocycles. The zero-order chi connectivity index (χ0) is 16.4. The van der Waals surface area contributed by atoms with Crippen LogP contribution in [-0.4, -0.2) is 15.5 Å². The molecule has 0 fully saturated rings. The van der Waals surface area contributed by atoms with Crippen molar-refractivity contribution in [2.24, 2.45) is 0 Å². The summed E-state index contributed by atoms with van der Waals surface area (Å²) in [6.45, 7) is -0.175. The Morgan fingerprint density at radius 1 is 1.22 bits per heavy atom. The molecule has 5 nitrogen and oxygen atoms in total. The first-order valence-electron chi connectivity index (χ1n) is 6.73. The van der Waals surface area contributed by atoms with Crippen LogP contribution in [0.25, 0.3) is 10.9 Å². The van der Waals surface area contributed by atoms with E-state index in [-0.39, 0.29) is 17.9 Å². The first kappa shape index (κ1) is 15.4. The predicted molar refractivity (Wildman–Crippen MR) is 88.7 cm³/mol. The van der Waals surface area contributed by atoms with Gasteiger partial charge >= 0.3 is 0 Å². The number of rotatable bonds is 3. The van der Waals surface area contributed by atoms with E-state index in [1.807, 2.05) is 0 Å². The van der Waals surface area contributed by atoms with Crippen molar-refractivity contribution >= 4 is 38.4 Å². The second-order valence-corrected chi connectivity index (χ2v) is 5.81. The van der Waals surface area contributed by atoms with Crippen LogP contribution in [-0.2, 0) is 11.3 Å². The Labute approximate surface area is 138 Å². The highest BCUT2D eigenvalue weighted by Gasteiger charge is 2.09. The highest BCUT2D eigenvalue weighted by atomic mass is 79.9. The third kappa shape index (κ3) is 3.45. The second-order valence-electron chi connectivity index (χ2n) is 4.89. The summed E-state index contributed by atoms with van der Waals surface area (Å²) in [6.07, 6.45) is 1.34. The quantitative estimate of drug-likeness (QED) is 0.765. The highest BCUT2D eigenvalue weighted by molar-refractivity contribution is 9.10. The monoisotopic (exact) mass is 375 g/mol. The van der Waals surface area contributed by atoms with Crippen LogP contribution in [0.3, 0.4) is 0 Å². The zero-order valence-electron chi connectivity index (χ0n) is 11.8. The Hall–Kier alpha value is -2.54. The average molecular weight is 376 g/mol. The Balaban J connectivity index is 1.83. The first-order valence-corrected chi connectivity index (χ1v) is 7.52. The van der Waals surface area contributed by atoms with E-state index < -0.39 is 5.91 Å². The summed E-state index contributed by atoms with van der Waals surface area (Å²) in [7, 11) is 0. The molecule has 116 valence electrons. The van der Waals surface area contributed by atoms with Gasteiger partial charge in [0.05, 0.1) is 17.2 Å². The maximum atomic E-state index is 12.8. The van der Waals surface area contributed by atoms with Crippen molar-refractivity contribution in [3.8, 4) is 0 Å². The molecule has 1 aromatic heterocycles. The lowest BCUT2D eigenvalue weighted by Gasteiger charge is -2.08. The molecule has 3 aromatic rings. The molecule has 0 unspecified atom stereocenters. The molecule has 1 amide bonds. The molecular weight excluding hydrogens is 365 g/mol. The van der Waals surface area contributed by atoms with Gasteiger partial charge < -0.3 is 5.32 Å². The fourth-order valence-corrected chi connectivity index (χ4v) is 2.49. The summed E-state index contributed by atoms with van der Waals surface area (Å²) >= 11 is 3.31. The molecule has 7 heteroatoms. The van der Waals surface area contributed by atoms with Crippen LogP contribution < -0.4 is 10.9 Å².